The number of benzene rings is 1. The van der Waals surface area contributed by atoms with Crippen molar-refractivity contribution in [2.45, 2.75) is 30.7 Å². The van der Waals surface area contributed by atoms with Gasteiger partial charge in [-0.15, -0.1) is 11.8 Å². The Kier molecular flexibility index (Phi) is 5.55. The maximum Gasteiger partial charge on any atom is 0.234 e. The Bertz CT molecular complexity index is 453. The highest BCUT2D eigenvalue weighted by atomic mass is 35.5. The Balaban J connectivity index is 1.99. The van der Waals surface area contributed by atoms with E-state index in [4.69, 9.17) is 11.6 Å². The minimum Gasteiger partial charge on any atom is -0.348 e. The number of fused-ring (bicyclic) bond motifs is 1. The molecule has 1 atom stereocenters. The highest BCUT2D eigenvalue weighted by Gasteiger charge is 2.22. The van der Waals surface area contributed by atoms with Gasteiger partial charge in [0.15, 0.2) is 0 Å². The molecule has 1 aliphatic heterocycles. The van der Waals surface area contributed by atoms with Crippen molar-refractivity contribution in [3.8, 4) is 0 Å². The number of carbonyl (C=O) groups is 1. The molecule has 0 spiro atoms. The molecule has 1 amide bonds. The molecule has 104 valence electrons. The molecule has 3 nitrogen and oxygen atoms in total. The summed E-state index contributed by atoms with van der Waals surface area (Å²) in [4.78, 5) is 13.1. The second-order valence-electron chi connectivity index (χ2n) is 4.62. The van der Waals surface area contributed by atoms with E-state index in [9.17, 15) is 4.79 Å². The van der Waals surface area contributed by atoms with E-state index < -0.39 is 0 Å². The van der Waals surface area contributed by atoms with Crippen molar-refractivity contribution in [3.63, 3.8) is 0 Å². The van der Waals surface area contributed by atoms with Gasteiger partial charge in [-0.1, -0.05) is 18.5 Å². The predicted octanol–water partition coefficient (Wildman–Crippen LogP) is 2.99. The van der Waals surface area contributed by atoms with Crippen LogP contribution in [-0.2, 0) is 4.79 Å². The first-order valence-electron chi connectivity index (χ1n) is 6.63. The zero-order chi connectivity index (χ0) is 13.7. The second-order valence-corrected chi connectivity index (χ2v) is 6.19. The van der Waals surface area contributed by atoms with E-state index in [1.54, 1.807) is 0 Å². The van der Waals surface area contributed by atoms with Crippen LogP contribution in [0.5, 0.6) is 0 Å². The van der Waals surface area contributed by atoms with E-state index in [1.165, 1.54) is 4.90 Å². The van der Waals surface area contributed by atoms with E-state index in [2.05, 4.69) is 17.6 Å². The van der Waals surface area contributed by atoms with E-state index in [0.717, 1.165) is 35.7 Å². The Morgan fingerprint density at radius 2 is 2.37 bits per heavy atom. The maximum atomic E-state index is 11.9. The summed E-state index contributed by atoms with van der Waals surface area (Å²) in [5, 5.41) is 6.93. The van der Waals surface area contributed by atoms with Gasteiger partial charge < -0.3 is 10.6 Å². The Hall–Kier alpha value is -0.710. The third kappa shape index (κ3) is 4.13. The number of rotatable bonds is 5. The third-order valence-corrected chi connectivity index (χ3v) is 4.42. The molecule has 0 aliphatic carbocycles. The molecule has 0 fully saturated rings. The molecule has 0 saturated heterocycles. The summed E-state index contributed by atoms with van der Waals surface area (Å²) in [7, 11) is 0. The molecule has 0 radical (unpaired) electrons. The monoisotopic (exact) mass is 298 g/mol. The molecule has 0 saturated carbocycles. The van der Waals surface area contributed by atoms with Gasteiger partial charge in [-0.25, -0.2) is 0 Å². The first-order valence-corrected chi connectivity index (χ1v) is 7.99. The number of halogens is 1. The minimum absolute atomic E-state index is 0.0521. The molecule has 0 bridgehead atoms. The molecule has 1 unspecified atom stereocenters. The average molecular weight is 299 g/mol. The molecule has 1 aromatic carbocycles. The lowest BCUT2D eigenvalue weighted by Gasteiger charge is -2.26. The van der Waals surface area contributed by atoms with Gasteiger partial charge in [0.2, 0.25) is 5.91 Å². The Labute approximate surface area is 123 Å². The lowest BCUT2D eigenvalue weighted by Crippen LogP contribution is -2.37. The minimum atomic E-state index is 0.0521. The summed E-state index contributed by atoms with van der Waals surface area (Å²) < 4.78 is 0. The highest BCUT2D eigenvalue weighted by Crippen LogP contribution is 2.37. The van der Waals surface area contributed by atoms with Gasteiger partial charge >= 0.3 is 0 Å². The lowest BCUT2D eigenvalue weighted by atomic mass is 10.0. The van der Waals surface area contributed by atoms with E-state index in [-0.39, 0.29) is 11.9 Å². The van der Waals surface area contributed by atoms with Gasteiger partial charge in [0.05, 0.1) is 12.6 Å². The predicted molar refractivity (Wildman–Crippen MR) is 80.8 cm³/mol. The summed E-state index contributed by atoms with van der Waals surface area (Å²) in [6.07, 6.45) is 1.99. The Morgan fingerprint density at radius 1 is 1.53 bits per heavy atom. The number of hydrogen-bond acceptors (Lipinski definition) is 3. The van der Waals surface area contributed by atoms with Gasteiger partial charge in [0, 0.05) is 15.7 Å². The van der Waals surface area contributed by atoms with Crippen molar-refractivity contribution in [3.05, 3.63) is 28.8 Å². The van der Waals surface area contributed by atoms with Crippen LogP contribution >= 0.6 is 23.4 Å². The molecule has 1 aromatic rings. The lowest BCUT2D eigenvalue weighted by molar-refractivity contribution is -0.121. The van der Waals surface area contributed by atoms with Gasteiger partial charge in [-0.05, 0) is 43.1 Å². The summed E-state index contributed by atoms with van der Waals surface area (Å²) in [6.45, 7) is 3.34. The van der Waals surface area contributed by atoms with E-state index in [1.807, 2.05) is 30.0 Å². The zero-order valence-corrected chi connectivity index (χ0v) is 12.6. The molecule has 0 aromatic heterocycles. The number of thioether (sulfide) groups is 1. The molecular formula is C14H19ClN2OS. The third-order valence-electron chi connectivity index (χ3n) is 3.06. The largest absolute Gasteiger partial charge is 0.348 e. The van der Waals surface area contributed by atoms with Crippen LogP contribution in [0, 0.1) is 0 Å². The summed E-state index contributed by atoms with van der Waals surface area (Å²) in [5.74, 6) is 1.08. The fraction of sp³-hybridized carbons (Fsp3) is 0.500. The maximum absolute atomic E-state index is 11.9. The van der Waals surface area contributed by atoms with Crippen molar-refractivity contribution < 1.29 is 4.79 Å². The number of amides is 1. The van der Waals surface area contributed by atoms with Gasteiger partial charge in [-0.2, -0.15) is 0 Å². The standard InChI is InChI=1S/C14H19ClN2OS/c1-2-6-16-9-14(18)17-12-5-7-19-13-4-3-10(15)8-11(12)13/h3-4,8,12,16H,2,5-7,9H2,1H3,(H,17,18). The van der Waals surface area contributed by atoms with Crippen molar-refractivity contribution >= 4 is 29.3 Å². The van der Waals surface area contributed by atoms with Crippen LogP contribution < -0.4 is 10.6 Å². The molecule has 2 rings (SSSR count). The first-order chi connectivity index (χ1) is 9.20. The van der Waals surface area contributed by atoms with Crippen LogP contribution in [0.1, 0.15) is 31.4 Å². The van der Waals surface area contributed by atoms with Crippen molar-refractivity contribution in [1.29, 1.82) is 0 Å². The fourth-order valence-electron chi connectivity index (χ4n) is 2.14. The number of nitrogens with one attached hydrogen (secondary N) is 2. The van der Waals surface area contributed by atoms with Crippen LogP contribution in [-0.4, -0.2) is 24.7 Å². The molecule has 5 heteroatoms. The summed E-state index contributed by atoms with van der Waals surface area (Å²) >= 11 is 7.87. The van der Waals surface area contributed by atoms with Crippen molar-refractivity contribution in [2.24, 2.45) is 0 Å². The van der Waals surface area contributed by atoms with Gasteiger partial charge in [-0.3, -0.25) is 4.79 Å². The summed E-state index contributed by atoms with van der Waals surface area (Å²) in [5.41, 5.74) is 1.15. The molecule has 2 N–H and O–H groups in total. The SMILES string of the molecule is CCCNCC(=O)NC1CCSc2ccc(Cl)cc21. The topological polar surface area (TPSA) is 41.1 Å². The Morgan fingerprint density at radius 3 is 3.16 bits per heavy atom. The van der Waals surface area contributed by atoms with Gasteiger partial charge in [0.1, 0.15) is 0 Å². The van der Waals surface area contributed by atoms with Crippen LogP contribution in [0.4, 0.5) is 0 Å². The van der Waals surface area contributed by atoms with Gasteiger partial charge in [0.25, 0.3) is 0 Å². The highest BCUT2D eigenvalue weighted by molar-refractivity contribution is 7.99. The van der Waals surface area contributed by atoms with Crippen LogP contribution in [0.25, 0.3) is 0 Å². The van der Waals surface area contributed by atoms with Crippen LogP contribution in [0.3, 0.4) is 0 Å². The smallest absolute Gasteiger partial charge is 0.234 e. The average Bonchev–Trinajstić information content (AvgIpc) is 2.40. The van der Waals surface area contributed by atoms with Crippen LogP contribution in [0.15, 0.2) is 23.1 Å². The van der Waals surface area contributed by atoms with Crippen LogP contribution in [0.2, 0.25) is 5.02 Å². The molecule has 1 heterocycles. The first kappa shape index (κ1) is 14.7. The molecular weight excluding hydrogens is 280 g/mol. The second kappa shape index (κ2) is 7.17. The number of carbonyl (C=O) groups excluding carboxylic acids is 1. The fourth-order valence-corrected chi connectivity index (χ4v) is 3.43. The van der Waals surface area contributed by atoms with E-state index in [0.29, 0.717) is 6.54 Å². The quantitative estimate of drug-likeness (QED) is 0.821. The zero-order valence-electron chi connectivity index (χ0n) is 11.0. The molecule has 19 heavy (non-hydrogen) atoms. The molecule has 1 aliphatic rings. The summed E-state index contributed by atoms with van der Waals surface area (Å²) in [6, 6.07) is 6.00. The normalized spacial score (nSPS) is 17.9. The van der Waals surface area contributed by atoms with Crippen molar-refractivity contribution in [1.82, 2.24) is 10.6 Å². The number of hydrogen-bond donors (Lipinski definition) is 2. The van der Waals surface area contributed by atoms with Crippen molar-refractivity contribution in [2.75, 3.05) is 18.8 Å². The van der Waals surface area contributed by atoms with E-state index >= 15 is 0 Å².